The Labute approximate surface area is 154 Å². The molecule has 1 aliphatic rings. The van der Waals surface area contributed by atoms with Gasteiger partial charge in [-0.3, -0.25) is 0 Å². The van der Waals surface area contributed by atoms with Crippen molar-refractivity contribution in [2.45, 2.75) is 39.2 Å². The van der Waals surface area contributed by atoms with Gasteiger partial charge in [0.1, 0.15) is 28.9 Å². The first-order chi connectivity index (χ1) is 12.5. The SMILES string of the molecule is Cc1cc(F)c(-c2c(Cl)nc3ncnn3c2N2CCCCC2C)cc1F. The molecule has 0 radical (unpaired) electrons. The second-order valence-corrected chi connectivity index (χ2v) is 7.05. The fourth-order valence-electron chi connectivity index (χ4n) is 3.55. The van der Waals surface area contributed by atoms with Crippen LogP contribution in [-0.4, -0.2) is 32.2 Å². The van der Waals surface area contributed by atoms with Crippen LogP contribution in [0.25, 0.3) is 16.9 Å². The summed E-state index contributed by atoms with van der Waals surface area (Å²) in [5.41, 5.74) is 0.663. The molecular formula is C18H18ClF2N5. The van der Waals surface area contributed by atoms with Gasteiger partial charge in [0.25, 0.3) is 5.78 Å². The minimum absolute atomic E-state index is 0.0794. The second kappa shape index (κ2) is 6.46. The van der Waals surface area contributed by atoms with E-state index in [0.29, 0.717) is 17.2 Å². The van der Waals surface area contributed by atoms with Crippen LogP contribution in [0.5, 0.6) is 0 Å². The Bertz CT molecular complexity index is 987. The lowest BCUT2D eigenvalue weighted by molar-refractivity contribution is 0.478. The molecule has 0 saturated carbocycles. The van der Waals surface area contributed by atoms with Crippen molar-refractivity contribution in [3.05, 3.63) is 40.8 Å². The predicted molar refractivity (Wildman–Crippen MR) is 96.5 cm³/mol. The minimum Gasteiger partial charge on any atom is -0.353 e. The molecule has 1 atom stereocenters. The Morgan fingerprint density at radius 1 is 1.19 bits per heavy atom. The third-order valence-electron chi connectivity index (χ3n) is 4.95. The molecular weight excluding hydrogens is 360 g/mol. The molecule has 3 aromatic rings. The Morgan fingerprint density at radius 3 is 2.77 bits per heavy atom. The van der Waals surface area contributed by atoms with E-state index in [4.69, 9.17) is 11.6 Å². The zero-order chi connectivity index (χ0) is 18.4. The number of aryl methyl sites for hydroxylation is 1. The molecule has 4 rings (SSSR count). The van der Waals surface area contributed by atoms with E-state index in [1.54, 1.807) is 4.52 Å². The van der Waals surface area contributed by atoms with Gasteiger partial charge in [0, 0.05) is 18.2 Å². The van der Waals surface area contributed by atoms with Crippen molar-refractivity contribution in [2.24, 2.45) is 0 Å². The molecule has 1 unspecified atom stereocenters. The first-order valence-electron chi connectivity index (χ1n) is 8.59. The molecule has 0 spiro atoms. The number of fused-ring (bicyclic) bond motifs is 1. The monoisotopic (exact) mass is 377 g/mol. The zero-order valence-electron chi connectivity index (χ0n) is 14.5. The molecule has 0 aliphatic carbocycles. The standard InChI is InChI=1S/C18H18ClF2N5/c1-10-7-14(21)12(8-13(10)20)15-16(19)24-18-22-9-23-26(18)17(15)25-6-4-3-5-11(25)2/h7-9,11H,3-6H2,1-2H3. The largest absolute Gasteiger partial charge is 0.353 e. The van der Waals surface area contributed by atoms with E-state index in [1.165, 1.54) is 25.4 Å². The van der Waals surface area contributed by atoms with E-state index in [9.17, 15) is 8.78 Å². The van der Waals surface area contributed by atoms with Crippen LogP contribution in [0.1, 0.15) is 31.7 Å². The molecule has 0 N–H and O–H groups in total. The summed E-state index contributed by atoms with van der Waals surface area (Å²) in [4.78, 5) is 10.5. The van der Waals surface area contributed by atoms with Crippen molar-refractivity contribution >= 4 is 23.2 Å². The van der Waals surface area contributed by atoms with Gasteiger partial charge < -0.3 is 4.90 Å². The van der Waals surface area contributed by atoms with Gasteiger partial charge in [-0.1, -0.05) is 11.6 Å². The van der Waals surface area contributed by atoms with Crippen molar-refractivity contribution in [2.75, 3.05) is 11.4 Å². The van der Waals surface area contributed by atoms with E-state index in [0.717, 1.165) is 25.8 Å². The maximum absolute atomic E-state index is 14.7. The fraction of sp³-hybridized carbons (Fsp3) is 0.389. The number of rotatable bonds is 2. The molecule has 26 heavy (non-hydrogen) atoms. The first kappa shape index (κ1) is 17.1. The summed E-state index contributed by atoms with van der Waals surface area (Å²) in [6.07, 6.45) is 4.51. The van der Waals surface area contributed by atoms with E-state index >= 15 is 0 Å². The van der Waals surface area contributed by atoms with Crippen LogP contribution in [-0.2, 0) is 0 Å². The maximum Gasteiger partial charge on any atom is 0.255 e. The number of piperidine rings is 1. The van der Waals surface area contributed by atoms with Gasteiger partial charge in [-0.2, -0.15) is 19.6 Å². The number of nitrogens with zero attached hydrogens (tertiary/aromatic N) is 5. The molecule has 1 fully saturated rings. The third-order valence-corrected chi connectivity index (χ3v) is 5.22. The van der Waals surface area contributed by atoms with Crippen molar-refractivity contribution < 1.29 is 8.78 Å². The highest BCUT2D eigenvalue weighted by atomic mass is 35.5. The van der Waals surface area contributed by atoms with E-state index < -0.39 is 11.6 Å². The van der Waals surface area contributed by atoms with E-state index in [1.807, 2.05) is 0 Å². The molecule has 5 nitrogen and oxygen atoms in total. The number of halogens is 3. The lowest BCUT2D eigenvalue weighted by atomic mass is 10.00. The van der Waals surface area contributed by atoms with Crippen LogP contribution in [0.3, 0.4) is 0 Å². The van der Waals surface area contributed by atoms with Crippen molar-refractivity contribution in [3.8, 4) is 11.1 Å². The number of hydrogen-bond acceptors (Lipinski definition) is 4. The Hall–Kier alpha value is -2.28. The molecule has 2 aromatic heterocycles. The second-order valence-electron chi connectivity index (χ2n) is 6.69. The lowest BCUT2D eigenvalue weighted by Crippen LogP contribution is -2.39. The van der Waals surface area contributed by atoms with Gasteiger partial charge in [-0.05, 0) is 50.8 Å². The lowest BCUT2D eigenvalue weighted by Gasteiger charge is -2.36. The number of anilines is 1. The summed E-state index contributed by atoms with van der Waals surface area (Å²) in [5.74, 6) is -0.0989. The van der Waals surface area contributed by atoms with Gasteiger partial charge in [0.2, 0.25) is 0 Å². The van der Waals surface area contributed by atoms with Crippen molar-refractivity contribution in [3.63, 3.8) is 0 Å². The summed E-state index contributed by atoms with van der Waals surface area (Å²) in [6.45, 7) is 4.40. The molecule has 1 saturated heterocycles. The Morgan fingerprint density at radius 2 is 2.00 bits per heavy atom. The number of benzene rings is 1. The molecule has 1 aromatic carbocycles. The van der Waals surface area contributed by atoms with Crippen LogP contribution >= 0.6 is 11.6 Å². The maximum atomic E-state index is 14.7. The number of hydrogen-bond donors (Lipinski definition) is 0. The normalized spacial score (nSPS) is 17.9. The van der Waals surface area contributed by atoms with Crippen LogP contribution in [0, 0.1) is 18.6 Å². The number of aromatic nitrogens is 4. The topological polar surface area (TPSA) is 46.3 Å². The van der Waals surface area contributed by atoms with Crippen LogP contribution in [0.15, 0.2) is 18.5 Å². The summed E-state index contributed by atoms with van der Waals surface area (Å²) in [7, 11) is 0. The van der Waals surface area contributed by atoms with Gasteiger partial charge >= 0.3 is 0 Å². The van der Waals surface area contributed by atoms with Crippen LogP contribution < -0.4 is 4.90 Å². The molecule has 3 heterocycles. The summed E-state index contributed by atoms with van der Waals surface area (Å²) >= 11 is 6.42. The average Bonchev–Trinajstić information content (AvgIpc) is 3.06. The van der Waals surface area contributed by atoms with Gasteiger partial charge in [-0.25, -0.2) is 8.78 Å². The average molecular weight is 378 g/mol. The summed E-state index contributed by atoms with van der Waals surface area (Å²) in [5, 5.41) is 4.34. The smallest absolute Gasteiger partial charge is 0.255 e. The van der Waals surface area contributed by atoms with Gasteiger partial charge in [0.05, 0.1) is 5.56 Å². The summed E-state index contributed by atoms with van der Waals surface area (Å²) < 4.78 is 30.5. The molecule has 1 aliphatic heterocycles. The highest BCUT2D eigenvalue weighted by Crippen LogP contribution is 2.40. The predicted octanol–water partition coefficient (Wildman–Crippen LogP) is 4.41. The molecule has 8 heteroatoms. The molecule has 0 bridgehead atoms. The zero-order valence-corrected chi connectivity index (χ0v) is 15.3. The van der Waals surface area contributed by atoms with E-state index in [-0.39, 0.29) is 22.3 Å². The molecule has 136 valence electrons. The Balaban J connectivity index is 2.04. The van der Waals surface area contributed by atoms with Crippen LogP contribution in [0.2, 0.25) is 5.15 Å². The van der Waals surface area contributed by atoms with Crippen molar-refractivity contribution in [1.82, 2.24) is 19.6 Å². The van der Waals surface area contributed by atoms with E-state index in [2.05, 4.69) is 26.9 Å². The fourth-order valence-corrected chi connectivity index (χ4v) is 3.81. The minimum atomic E-state index is -0.544. The van der Waals surface area contributed by atoms with Gasteiger partial charge in [0.15, 0.2) is 0 Å². The third kappa shape index (κ3) is 2.70. The van der Waals surface area contributed by atoms with Crippen molar-refractivity contribution in [1.29, 1.82) is 0 Å². The van der Waals surface area contributed by atoms with Gasteiger partial charge in [-0.15, -0.1) is 0 Å². The summed E-state index contributed by atoms with van der Waals surface area (Å²) in [6, 6.07) is 2.57. The first-order valence-corrected chi connectivity index (χ1v) is 8.97. The Kier molecular flexibility index (Phi) is 4.26. The highest BCUT2D eigenvalue weighted by Gasteiger charge is 2.29. The highest BCUT2D eigenvalue weighted by molar-refractivity contribution is 6.33. The quantitative estimate of drug-likeness (QED) is 0.620. The molecule has 0 amide bonds. The van der Waals surface area contributed by atoms with Crippen LogP contribution in [0.4, 0.5) is 14.6 Å².